The van der Waals surface area contributed by atoms with Crippen molar-refractivity contribution in [2.45, 2.75) is 0 Å². The van der Waals surface area contributed by atoms with Crippen molar-refractivity contribution in [1.82, 2.24) is 24.8 Å². The number of ether oxygens (including phenoxy) is 1. The van der Waals surface area contributed by atoms with Crippen LogP contribution in [0, 0.1) is 0 Å². The number of fused-ring (bicyclic) bond motifs is 1. The molecule has 2 aromatic heterocycles. The number of amides is 1. The third-order valence-electron chi connectivity index (χ3n) is 5.33. The highest BCUT2D eigenvalue weighted by molar-refractivity contribution is 6.25. The van der Waals surface area contributed by atoms with E-state index >= 15 is 0 Å². The molecule has 0 N–H and O–H groups in total. The second-order valence-electron chi connectivity index (χ2n) is 7.16. The van der Waals surface area contributed by atoms with Crippen LogP contribution in [0.4, 0.5) is 5.82 Å². The molecule has 3 heterocycles. The summed E-state index contributed by atoms with van der Waals surface area (Å²) >= 11 is 0. The zero-order valence-corrected chi connectivity index (χ0v) is 17.3. The average Bonchev–Trinajstić information content (AvgIpc) is 2.81. The fourth-order valence-corrected chi connectivity index (χ4v) is 3.76. The quantitative estimate of drug-likeness (QED) is 0.676. The molecule has 0 unspecified atom stereocenters. The molecule has 10 nitrogen and oxygen atoms in total. The Morgan fingerprint density at radius 3 is 2.23 bits per heavy atom. The van der Waals surface area contributed by atoms with Crippen LogP contribution < -0.4 is 4.90 Å². The van der Waals surface area contributed by atoms with Gasteiger partial charge in [-0.05, 0) is 12.1 Å². The Morgan fingerprint density at radius 2 is 1.61 bits per heavy atom. The van der Waals surface area contributed by atoms with E-state index in [2.05, 4.69) is 19.9 Å². The number of carbonyl (C=O) groups is 3. The summed E-state index contributed by atoms with van der Waals surface area (Å²) in [5.74, 6) is -0.500. The summed E-state index contributed by atoms with van der Waals surface area (Å²) in [4.78, 5) is 56.8. The van der Waals surface area contributed by atoms with Gasteiger partial charge in [0.15, 0.2) is 0 Å². The Morgan fingerprint density at radius 1 is 0.968 bits per heavy atom. The van der Waals surface area contributed by atoms with E-state index in [1.807, 2.05) is 23.1 Å². The second-order valence-corrected chi connectivity index (χ2v) is 7.16. The Balaban J connectivity index is 1.69. The number of nitrogens with zero attached hydrogens (tertiary/aromatic N) is 6. The van der Waals surface area contributed by atoms with Gasteiger partial charge in [0.1, 0.15) is 35.2 Å². The molecule has 0 spiro atoms. The predicted molar refractivity (Wildman–Crippen MR) is 110 cm³/mol. The molecule has 10 heteroatoms. The number of allylic oxidation sites excluding steroid dienone is 2. The number of hydrogen-bond donors (Lipinski definition) is 0. The molecule has 1 saturated heterocycles. The summed E-state index contributed by atoms with van der Waals surface area (Å²) in [5, 5.41) is 0. The summed E-state index contributed by atoms with van der Waals surface area (Å²) in [5.41, 5.74) is 0.137. The van der Waals surface area contributed by atoms with Crippen LogP contribution in [0.5, 0.6) is 0 Å². The van der Waals surface area contributed by atoms with Gasteiger partial charge >= 0.3 is 0 Å². The summed E-state index contributed by atoms with van der Waals surface area (Å²) in [6.45, 7) is 1.97. The van der Waals surface area contributed by atoms with Gasteiger partial charge in [0.25, 0.3) is 5.91 Å². The largest absolute Gasteiger partial charge is 0.375 e. The number of methoxy groups -OCH3 is 1. The van der Waals surface area contributed by atoms with E-state index in [1.54, 1.807) is 6.20 Å². The molecule has 4 rings (SSSR count). The number of anilines is 1. The zero-order valence-electron chi connectivity index (χ0n) is 17.3. The van der Waals surface area contributed by atoms with Crippen molar-refractivity contribution in [3.63, 3.8) is 0 Å². The maximum Gasteiger partial charge on any atom is 0.252 e. The monoisotopic (exact) mass is 422 g/mol. The third kappa shape index (κ3) is 3.77. The average molecular weight is 422 g/mol. The molecule has 0 radical (unpaired) electrons. The third-order valence-corrected chi connectivity index (χ3v) is 5.33. The summed E-state index contributed by atoms with van der Waals surface area (Å²) in [6.07, 6.45) is 4.47. The van der Waals surface area contributed by atoms with Crippen LogP contribution in [-0.2, 0) is 9.53 Å². The molecule has 1 aliphatic carbocycles. The lowest BCUT2D eigenvalue weighted by molar-refractivity contribution is -0.131. The fourth-order valence-electron chi connectivity index (χ4n) is 3.76. The van der Waals surface area contributed by atoms with Crippen molar-refractivity contribution in [2.75, 3.05) is 51.8 Å². The summed E-state index contributed by atoms with van der Waals surface area (Å²) < 4.78 is 4.93. The Hall–Kier alpha value is -3.66. The van der Waals surface area contributed by atoms with E-state index in [-0.39, 0.29) is 29.4 Å². The van der Waals surface area contributed by atoms with E-state index in [0.29, 0.717) is 26.2 Å². The molecule has 1 amide bonds. The number of carbonyl (C=O) groups excluding carboxylic acids is 3. The summed E-state index contributed by atoms with van der Waals surface area (Å²) in [6, 6.07) is 5.71. The normalized spacial score (nSPS) is 16.5. The van der Waals surface area contributed by atoms with E-state index in [0.717, 1.165) is 5.82 Å². The van der Waals surface area contributed by atoms with Crippen LogP contribution >= 0.6 is 0 Å². The highest BCUT2D eigenvalue weighted by Gasteiger charge is 2.41. The molecule has 2 aliphatic rings. The van der Waals surface area contributed by atoms with Gasteiger partial charge in [0.2, 0.25) is 11.6 Å². The number of pyridine rings is 1. The van der Waals surface area contributed by atoms with Crippen molar-refractivity contribution in [3.8, 4) is 0 Å². The van der Waals surface area contributed by atoms with Gasteiger partial charge in [-0.25, -0.2) is 15.0 Å². The predicted octanol–water partition coefficient (Wildman–Crippen LogP) is 0.389. The van der Waals surface area contributed by atoms with Crippen LogP contribution in [0.3, 0.4) is 0 Å². The van der Waals surface area contributed by atoms with Crippen molar-refractivity contribution in [3.05, 3.63) is 59.6 Å². The molecule has 31 heavy (non-hydrogen) atoms. The molecule has 1 fully saturated rings. The first-order valence-corrected chi connectivity index (χ1v) is 9.84. The first kappa shape index (κ1) is 20.6. The van der Waals surface area contributed by atoms with Crippen molar-refractivity contribution in [1.29, 1.82) is 0 Å². The molecule has 160 valence electrons. The van der Waals surface area contributed by atoms with Crippen LogP contribution in [0.15, 0.2) is 48.2 Å². The molecule has 0 atom stereocenters. The minimum atomic E-state index is -0.503. The van der Waals surface area contributed by atoms with Crippen molar-refractivity contribution in [2.24, 2.45) is 0 Å². The van der Waals surface area contributed by atoms with E-state index in [1.165, 1.54) is 31.5 Å². The molecule has 0 saturated carbocycles. The maximum atomic E-state index is 13.4. The number of hydrogen-bond acceptors (Lipinski definition) is 9. The SMILES string of the molecule is COCC(=O)N(C)C1=C(N2CCN(c3ccccn3)CC2)C(=O)c2nccnc2C1=O. The van der Waals surface area contributed by atoms with Gasteiger partial charge in [-0.2, -0.15) is 0 Å². The van der Waals surface area contributed by atoms with Crippen LogP contribution in [0.1, 0.15) is 21.0 Å². The van der Waals surface area contributed by atoms with E-state index in [4.69, 9.17) is 4.74 Å². The van der Waals surface area contributed by atoms with Crippen molar-refractivity contribution >= 4 is 23.3 Å². The number of aromatic nitrogens is 3. The zero-order chi connectivity index (χ0) is 22.0. The van der Waals surface area contributed by atoms with Crippen LogP contribution in [0.25, 0.3) is 0 Å². The topological polar surface area (TPSA) is 109 Å². The second kappa shape index (κ2) is 8.60. The minimum Gasteiger partial charge on any atom is -0.375 e. The molecule has 0 bridgehead atoms. The van der Waals surface area contributed by atoms with Crippen LogP contribution in [0.2, 0.25) is 0 Å². The number of likely N-dealkylation sites (N-methyl/N-ethyl adjacent to an activating group) is 1. The lowest BCUT2D eigenvalue weighted by Crippen LogP contribution is -2.50. The Kier molecular flexibility index (Phi) is 5.72. The standard InChI is InChI=1S/C21H22N6O4/c1-25(15(28)13-31-2)18-19(21(30)17-16(20(18)29)23-7-8-24-17)27-11-9-26(10-12-27)14-5-3-4-6-22-14/h3-8H,9-13H2,1-2H3. The first-order valence-electron chi connectivity index (χ1n) is 9.84. The molecule has 0 aromatic carbocycles. The first-order chi connectivity index (χ1) is 15.0. The fraction of sp³-hybridized carbons (Fsp3) is 0.333. The molecule has 1 aliphatic heterocycles. The number of piperazine rings is 1. The minimum absolute atomic E-state index is 0.00555. The van der Waals surface area contributed by atoms with E-state index < -0.39 is 17.5 Å². The molecule has 2 aromatic rings. The number of rotatable bonds is 5. The maximum absolute atomic E-state index is 13.4. The van der Waals surface area contributed by atoms with Gasteiger partial charge in [0.05, 0.1) is 0 Å². The van der Waals surface area contributed by atoms with Crippen LogP contribution in [-0.4, -0.2) is 89.2 Å². The smallest absolute Gasteiger partial charge is 0.252 e. The van der Waals surface area contributed by atoms with Crippen molar-refractivity contribution < 1.29 is 19.1 Å². The number of Topliss-reactive ketones (excluding diaryl/α,β-unsaturated/α-hetero) is 2. The van der Waals surface area contributed by atoms with Gasteiger partial charge in [-0.15, -0.1) is 0 Å². The lowest BCUT2D eigenvalue weighted by atomic mass is 9.96. The molecular weight excluding hydrogens is 400 g/mol. The van der Waals surface area contributed by atoms with Gasteiger partial charge in [0, 0.05) is 58.9 Å². The van der Waals surface area contributed by atoms with E-state index in [9.17, 15) is 14.4 Å². The molecular formula is C21H22N6O4. The Bertz CT molecular complexity index is 1050. The van der Waals surface area contributed by atoms with Gasteiger partial charge in [-0.3, -0.25) is 14.4 Å². The van der Waals surface area contributed by atoms with Gasteiger partial charge < -0.3 is 19.4 Å². The highest BCUT2D eigenvalue weighted by Crippen LogP contribution is 2.29. The summed E-state index contributed by atoms with van der Waals surface area (Å²) in [7, 11) is 2.86. The lowest BCUT2D eigenvalue weighted by Gasteiger charge is -2.39. The number of ketones is 2. The highest BCUT2D eigenvalue weighted by atomic mass is 16.5. The Labute approximate surface area is 179 Å². The van der Waals surface area contributed by atoms with Gasteiger partial charge in [-0.1, -0.05) is 6.07 Å².